The highest BCUT2D eigenvalue weighted by molar-refractivity contribution is 5.54. The number of hydrogen-bond donors (Lipinski definition) is 2. The zero-order valence-corrected chi connectivity index (χ0v) is 13.5. The molecule has 2 rings (SSSR count). The van der Waals surface area contributed by atoms with E-state index in [1.807, 2.05) is 18.2 Å². The fourth-order valence-electron chi connectivity index (χ4n) is 2.78. The lowest BCUT2D eigenvalue weighted by Crippen LogP contribution is -2.26. The van der Waals surface area contributed by atoms with Gasteiger partial charge in [-0.2, -0.15) is 0 Å². The first-order valence-electron chi connectivity index (χ1n) is 8.27. The molecule has 1 saturated carbocycles. The minimum Gasteiger partial charge on any atom is -0.399 e. The summed E-state index contributed by atoms with van der Waals surface area (Å²) in [7, 11) is 0. The van der Waals surface area contributed by atoms with Crippen LogP contribution in [0.3, 0.4) is 0 Å². The SMILES string of the molecule is CC1CCCC(Nc2cccc(N)c2)C1.CCCCC. The average molecular weight is 276 g/mol. The van der Waals surface area contributed by atoms with Gasteiger partial charge in [-0.1, -0.05) is 58.9 Å². The van der Waals surface area contributed by atoms with Crippen molar-refractivity contribution < 1.29 is 0 Å². The van der Waals surface area contributed by atoms with E-state index in [0.717, 1.165) is 17.3 Å². The molecule has 0 bridgehead atoms. The molecule has 3 N–H and O–H groups in total. The highest BCUT2D eigenvalue weighted by Gasteiger charge is 2.18. The number of rotatable bonds is 4. The van der Waals surface area contributed by atoms with E-state index >= 15 is 0 Å². The van der Waals surface area contributed by atoms with Crippen LogP contribution in [0, 0.1) is 5.92 Å². The Morgan fingerprint density at radius 2 is 1.95 bits per heavy atom. The molecule has 20 heavy (non-hydrogen) atoms. The van der Waals surface area contributed by atoms with Crippen molar-refractivity contribution in [1.29, 1.82) is 0 Å². The van der Waals surface area contributed by atoms with Gasteiger partial charge in [0.25, 0.3) is 0 Å². The van der Waals surface area contributed by atoms with Crippen molar-refractivity contribution in [3.63, 3.8) is 0 Å². The molecule has 1 aromatic rings. The summed E-state index contributed by atoms with van der Waals surface area (Å²) in [6.45, 7) is 6.76. The number of nitrogens with one attached hydrogen (secondary N) is 1. The van der Waals surface area contributed by atoms with E-state index in [1.165, 1.54) is 44.9 Å². The number of nitrogen functional groups attached to an aromatic ring is 1. The number of benzene rings is 1. The van der Waals surface area contributed by atoms with Crippen molar-refractivity contribution in [2.24, 2.45) is 5.92 Å². The van der Waals surface area contributed by atoms with Gasteiger partial charge in [0.2, 0.25) is 0 Å². The molecule has 0 saturated heterocycles. The number of hydrogen-bond acceptors (Lipinski definition) is 2. The molecular weight excluding hydrogens is 244 g/mol. The van der Waals surface area contributed by atoms with E-state index < -0.39 is 0 Å². The Labute approximate surface area is 125 Å². The maximum atomic E-state index is 5.75. The Kier molecular flexibility index (Phi) is 8.17. The molecule has 1 aliphatic carbocycles. The predicted octanol–water partition coefficient (Wildman–Crippen LogP) is 5.46. The summed E-state index contributed by atoms with van der Waals surface area (Å²) in [4.78, 5) is 0. The number of unbranched alkanes of at least 4 members (excludes halogenated alkanes) is 2. The summed E-state index contributed by atoms with van der Waals surface area (Å²) in [5.41, 5.74) is 7.75. The Morgan fingerprint density at radius 1 is 1.20 bits per heavy atom. The third-order valence-corrected chi connectivity index (χ3v) is 3.90. The van der Waals surface area contributed by atoms with Crippen LogP contribution in [0.5, 0.6) is 0 Å². The van der Waals surface area contributed by atoms with Gasteiger partial charge >= 0.3 is 0 Å². The van der Waals surface area contributed by atoms with Crippen LogP contribution in [0.25, 0.3) is 0 Å². The minimum atomic E-state index is 0.635. The Morgan fingerprint density at radius 3 is 2.50 bits per heavy atom. The summed E-state index contributed by atoms with van der Waals surface area (Å²) in [6.07, 6.45) is 9.39. The van der Waals surface area contributed by atoms with Gasteiger partial charge in [-0.3, -0.25) is 0 Å². The lowest BCUT2D eigenvalue weighted by atomic mass is 9.87. The first-order chi connectivity index (χ1) is 9.65. The molecule has 0 radical (unpaired) electrons. The molecular formula is C18H32N2. The summed E-state index contributed by atoms with van der Waals surface area (Å²) >= 11 is 0. The van der Waals surface area contributed by atoms with Crippen LogP contribution in [-0.4, -0.2) is 6.04 Å². The molecule has 1 aliphatic rings. The lowest BCUT2D eigenvalue weighted by molar-refractivity contribution is 0.358. The molecule has 2 unspecified atom stereocenters. The quantitative estimate of drug-likeness (QED) is 0.717. The van der Waals surface area contributed by atoms with Crippen LogP contribution in [0.1, 0.15) is 65.7 Å². The van der Waals surface area contributed by atoms with E-state index in [0.29, 0.717) is 6.04 Å². The summed E-state index contributed by atoms with van der Waals surface area (Å²) in [5, 5.41) is 3.57. The standard InChI is InChI=1S/C13H20N2.C5H12/c1-10-4-2-6-12(8-10)15-13-7-3-5-11(14)9-13;1-3-5-4-2/h3,5,7,9-10,12,15H,2,4,6,8,14H2,1H3;3-5H2,1-2H3. The molecule has 0 amide bonds. The minimum absolute atomic E-state index is 0.635. The van der Waals surface area contributed by atoms with Crippen molar-refractivity contribution in [2.45, 2.75) is 71.8 Å². The van der Waals surface area contributed by atoms with Crippen LogP contribution in [0.2, 0.25) is 0 Å². The number of nitrogens with two attached hydrogens (primary N) is 1. The molecule has 2 nitrogen and oxygen atoms in total. The Hall–Kier alpha value is -1.18. The van der Waals surface area contributed by atoms with Gasteiger partial charge in [-0.05, 0) is 37.0 Å². The van der Waals surface area contributed by atoms with Crippen molar-refractivity contribution in [1.82, 2.24) is 0 Å². The second kappa shape index (κ2) is 9.68. The molecule has 0 spiro atoms. The Balaban J connectivity index is 0.000000347. The van der Waals surface area contributed by atoms with Crippen molar-refractivity contribution >= 4 is 11.4 Å². The summed E-state index contributed by atoms with van der Waals surface area (Å²) < 4.78 is 0. The van der Waals surface area contributed by atoms with Crippen LogP contribution < -0.4 is 11.1 Å². The topological polar surface area (TPSA) is 38.0 Å². The fraction of sp³-hybridized carbons (Fsp3) is 0.667. The summed E-state index contributed by atoms with van der Waals surface area (Å²) in [5.74, 6) is 0.859. The van der Waals surface area contributed by atoms with Crippen LogP contribution >= 0.6 is 0 Å². The normalized spacial score (nSPS) is 21.8. The largest absolute Gasteiger partial charge is 0.399 e. The molecule has 1 aromatic carbocycles. The monoisotopic (exact) mass is 276 g/mol. The van der Waals surface area contributed by atoms with Crippen molar-refractivity contribution in [3.05, 3.63) is 24.3 Å². The van der Waals surface area contributed by atoms with E-state index in [4.69, 9.17) is 5.73 Å². The van der Waals surface area contributed by atoms with Gasteiger partial charge in [0, 0.05) is 17.4 Å². The van der Waals surface area contributed by atoms with Crippen LogP contribution in [0.4, 0.5) is 11.4 Å². The van der Waals surface area contributed by atoms with Gasteiger partial charge in [0.15, 0.2) is 0 Å². The van der Waals surface area contributed by atoms with E-state index in [-0.39, 0.29) is 0 Å². The fourth-order valence-corrected chi connectivity index (χ4v) is 2.78. The molecule has 0 aromatic heterocycles. The third kappa shape index (κ3) is 6.83. The van der Waals surface area contributed by atoms with Crippen LogP contribution in [-0.2, 0) is 0 Å². The zero-order chi connectivity index (χ0) is 14.8. The van der Waals surface area contributed by atoms with Gasteiger partial charge in [0.05, 0.1) is 0 Å². The molecule has 2 atom stereocenters. The average Bonchev–Trinajstić information content (AvgIpc) is 2.40. The van der Waals surface area contributed by atoms with Gasteiger partial charge in [-0.25, -0.2) is 0 Å². The third-order valence-electron chi connectivity index (χ3n) is 3.90. The van der Waals surface area contributed by atoms with Gasteiger partial charge < -0.3 is 11.1 Å². The Bertz CT molecular complexity index is 360. The first kappa shape index (κ1) is 16.9. The maximum absolute atomic E-state index is 5.75. The van der Waals surface area contributed by atoms with E-state index in [2.05, 4.69) is 32.2 Å². The second-order valence-electron chi connectivity index (χ2n) is 6.09. The van der Waals surface area contributed by atoms with E-state index in [1.54, 1.807) is 0 Å². The molecule has 0 aliphatic heterocycles. The highest BCUT2D eigenvalue weighted by Crippen LogP contribution is 2.26. The van der Waals surface area contributed by atoms with E-state index in [9.17, 15) is 0 Å². The lowest BCUT2D eigenvalue weighted by Gasteiger charge is -2.28. The first-order valence-corrected chi connectivity index (χ1v) is 8.27. The maximum Gasteiger partial charge on any atom is 0.0362 e. The highest BCUT2D eigenvalue weighted by atomic mass is 14.9. The summed E-state index contributed by atoms with van der Waals surface area (Å²) in [6, 6.07) is 8.67. The smallest absolute Gasteiger partial charge is 0.0362 e. The van der Waals surface area contributed by atoms with Gasteiger partial charge in [-0.15, -0.1) is 0 Å². The number of anilines is 2. The predicted molar refractivity (Wildman–Crippen MR) is 91.1 cm³/mol. The molecule has 0 heterocycles. The molecule has 114 valence electrons. The molecule has 2 heteroatoms. The van der Waals surface area contributed by atoms with Crippen molar-refractivity contribution in [3.8, 4) is 0 Å². The van der Waals surface area contributed by atoms with Crippen LogP contribution in [0.15, 0.2) is 24.3 Å². The van der Waals surface area contributed by atoms with Gasteiger partial charge in [0.1, 0.15) is 0 Å². The molecule has 1 fully saturated rings. The van der Waals surface area contributed by atoms with Crippen molar-refractivity contribution in [2.75, 3.05) is 11.1 Å². The second-order valence-corrected chi connectivity index (χ2v) is 6.09. The zero-order valence-electron chi connectivity index (χ0n) is 13.5.